The maximum Gasteiger partial charge on any atom is 0.323 e. The molecule has 104 valence electrons. The lowest BCUT2D eigenvalue weighted by atomic mass is 9.78. The molecule has 2 heterocycles. The Bertz CT molecular complexity index is 280. The number of nitrogens with zero attached hydrogens (tertiary/aromatic N) is 1. The van der Waals surface area contributed by atoms with Crippen molar-refractivity contribution in [2.75, 3.05) is 26.2 Å². The minimum atomic E-state index is -0.639. The molecule has 0 bridgehead atoms. The van der Waals surface area contributed by atoms with Gasteiger partial charge in [-0.2, -0.15) is 0 Å². The molecule has 0 aromatic heterocycles. The Labute approximate surface area is 110 Å². The number of hydrogen-bond acceptors (Lipinski definition) is 3. The van der Waals surface area contributed by atoms with Crippen LogP contribution >= 0.6 is 0 Å². The Morgan fingerprint density at radius 3 is 2.61 bits per heavy atom. The first-order valence-corrected chi connectivity index (χ1v) is 7.37. The van der Waals surface area contributed by atoms with Crippen LogP contribution in [0, 0.1) is 5.92 Å². The monoisotopic (exact) mass is 254 g/mol. The summed E-state index contributed by atoms with van der Waals surface area (Å²) in [6.45, 7) is 6.45. The van der Waals surface area contributed by atoms with Gasteiger partial charge in [0.25, 0.3) is 0 Å². The maximum atomic E-state index is 11.6. The first kappa shape index (κ1) is 13.8. The molecule has 0 saturated carbocycles. The molecular weight excluding hydrogens is 228 g/mol. The van der Waals surface area contributed by atoms with Crippen LogP contribution in [-0.4, -0.2) is 47.7 Å². The largest absolute Gasteiger partial charge is 0.480 e. The van der Waals surface area contributed by atoms with Crippen molar-refractivity contribution in [3.63, 3.8) is 0 Å². The maximum absolute atomic E-state index is 11.6. The number of likely N-dealkylation sites (tertiary alicyclic amines) is 1. The Hall–Kier alpha value is -0.610. The Balaban J connectivity index is 1.91. The first-order valence-electron chi connectivity index (χ1n) is 7.37. The smallest absolute Gasteiger partial charge is 0.323 e. The van der Waals surface area contributed by atoms with Gasteiger partial charge >= 0.3 is 5.97 Å². The van der Waals surface area contributed by atoms with Gasteiger partial charge in [-0.15, -0.1) is 0 Å². The quantitative estimate of drug-likeness (QED) is 0.802. The predicted octanol–water partition coefficient (Wildman–Crippen LogP) is 1.71. The molecule has 0 spiro atoms. The molecule has 2 aliphatic heterocycles. The highest BCUT2D eigenvalue weighted by Crippen LogP contribution is 2.31. The molecule has 0 aromatic rings. The summed E-state index contributed by atoms with van der Waals surface area (Å²) in [4.78, 5) is 14.1. The van der Waals surface area contributed by atoms with E-state index in [9.17, 15) is 9.90 Å². The number of carboxylic acid groups (broad SMARTS) is 1. The second kappa shape index (κ2) is 6.02. The van der Waals surface area contributed by atoms with Crippen molar-refractivity contribution in [2.24, 2.45) is 5.92 Å². The van der Waals surface area contributed by atoms with Gasteiger partial charge in [0.15, 0.2) is 0 Å². The molecule has 1 atom stereocenters. The van der Waals surface area contributed by atoms with Gasteiger partial charge in [0, 0.05) is 0 Å². The van der Waals surface area contributed by atoms with Crippen molar-refractivity contribution in [1.82, 2.24) is 10.2 Å². The van der Waals surface area contributed by atoms with Crippen LogP contribution in [-0.2, 0) is 4.79 Å². The van der Waals surface area contributed by atoms with Crippen LogP contribution in [0.25, 0.3) is 0 Å². The van der Waals surface area contributed by atoms with E-state index in [4.69, 9.17) is 0 Å². The van der Waals surface area contributed by atoms with E-state index in [0.717, 1.165) is 64.7 Å². The lowest BCUT2D eigenvalue weighted by Crippen LogP contribution is -2.56. The molecule has 0 radical (unpaired) electrons. The highest BCUT2D eigenvalue weighted by molar-refractivity contribution is 5.79. The van der Waals surface area contributed by atoms with Crippen molar-refractivity contribution in [2.45, 2.75) is 51.0 Å². The molecule has 4 heteroatoms. The fraction of sp³-hybridized carbons (Fsp3) is 0.929. The highest BCUT2D eigenvalue weighted by Gasteiger charge is 2.41. The number of carbonyl (C=O) groups is 1. The summed E-state index contributed by atoms with van der Waals surface area (Å²) in [6, 6.07) is 0. The summed E-state index contributed by atoms with van der Waals surface area (Å²) in [6.07, 6.45) is 6.10. The molecule has 2 saturated heterocycles. The van der Waals surface area contributed by atoms with Gasteiger partial charge in [-0.1, -0.05) is 6.92 Å². The molecule has 0 aliphatic carbocycles. The molecule has 2 aliphatic rings. The number of aliphatic carboxylic acids is 1. The normalized spacial score (nSPS) is 31.4. The summed E-state index contributed by atoms with van der Waals surface area (Å²) >= 11 is 0. The Morgan fingerprint density at radius 1 is 1.39 bits per heavy atom. The minimum absolute atomic E-state index is 0.578. The van der Waals surface area contributed by atoms with Crippen LogP contribution in [0.5, 0.6) is 0 Å². The molecule has 2 fully saturated rings. The standard InChI is InChI=1S/C14H26N2O2/c1-2-16-9-5-12(6-10-16)11-14(13(17)18)7-3-4-8-15-14/h12,15H,2-11H2,1H3,(H,17,18). The van der Waals surface area contributed by atoms with E-state index in [-0.39, 0.29) is 0 Å². The van der Waals surface area contributed by atoms with E-state index in [0.29, 0.717) is 5.92 Å². The number of piperidine rings is 2. The molecular formula is C14H26N2O2. The zero-order chi connectivity index (χ0) is 13.0. The van der Waals surface area contributed by atoms with E-state index < -0.39 is 11.5 Å². The Morgan fingerprint density at radius 2 is 2.11 bits per heavy atom. The third-order valence-electron chi connectivity index (χ3n) is 4.69. The third-order valence-corrected chi connectivity index (χ3v) is 4.69. The molecule has 4 nitrogen and oxygen atoms in total. The summed E-state index contributed by atoms with van der Waals surface area (Å²) in [5.74, 6) is -0.0605. The van der Waals surface area contributed by atoms with Gasteiger partial charge in [0.05, 0.1) is 0 Å². The van der Waals surface area contributed by atoms with Crippen LogP contribution in [0.3, 0.4) is 0 Å². The van der Waals surface area contributed by atoms with Crippen molar-refractivity contribution in [1.29, 1.82) is 0 Å². The number of carboxylic acids is 1. The van der Waals surface area contributed by atoms with Crippen LogP contribution in [0.1, 0.15) is 45.4 Å². The summed E-state index contributed by atoms with van der Waals surface area (Å²) in [5.41, 5.74) is -0.628. The topological polar surface area (TPSA) is 52.6 Å². The van der Waals surface area contributed by atoms with Crippen LogP contribution < -0.4 is 5.32 Å². The number of rotatable bonds is 4. The van der Waals surface area contributed by atoms with Crippen molar-refractivity contribution in [3.05, 3.63) is 0 Å². The lowest BCUT2D eigenvalue weighted by Gasteiger charge is -2.39. The minimum Gasteiger partial charge on any atom is -0.480 e. The van der Waals surface area contributed by atoms with Crippen LogP contribution in [0.4, 0.5) is 0 Å². The summed E-state index contributed by atoms with van der Waals surface area (Å²) in [5, 5.41) is 12.8. The van der Waals surface area contributed by atoms with E-state index in [1.807, 2.05) is 0 Å². The van der Waals surface area contributed by atoms with E-state index >= 15 is 0 Å². The van der Waals surface area contributed by atoms with Crippen molar-refractivity contribution < 1.29 is 9.90 Å². The third kappa shape index (κ3) is 3.04. The van der Waals surface area contributed by atoms with E-state index in [1.54, 1.807) is 0 Å². The fourth-order valence-electron chi connectivity index (χ4n) is 3.41. The average Bonchev–Trinajstić information content (AvgIpc) is 2.40. The molecule has 1 unspecified atom stereocenters. The van der Waals surface area contributed by atoms with Crippen molar-refractivity contribution in [3.8, 4) is 0 Å². The Kier molecular flexibility index (Phi) is 4.62. The van der Waals surface area contributed by atoms with Crippen LogP contribution in [0.15, 0.2) is 0 Å². The van der Waals surface area contributed by atoms with E-state index in [2.05, 4.69) is 17.1 Å². The molecule has 18 heavy (non-hydrogen) atoms. The summed E-state index contributed by atoms with van der Waals surface area (Å²) in [7, 11) is 0. The lowest BCUT2D eigenvalue weighted by molar-refractivity contribution is -0.147. The number of nitrogens with one attached hydrogen (secondary N) is 1. The fourth-order valence-corrected chi connectivity index (χ4v) is 3.41. The van der Waals surface area contributed by atoms with Gasteiger partial charge in [0.1, 0.15) is 5.54 Å². The molecule has 0 aromatic carbocycles. The van der Waals surface area contributed by atoms with Gasteiger partial charge in [-0.3, -0.25) is 4.79 Å². The zero-order valence-corrected chi connectivity index (χ0v) is 11.5. The molecule has 2 rings (SSSR count). The van der Waals surface area contributed by atoms with Gasteiger partial charge < -0.3 is 15.3 Å². The van der Waals surface area contributed by atoms with Crippen LogP contribution in [0.2, 0.25) is 0 Å². The van der Waals surface area contributed by atoms with Gasteiger partial charge in [-0.05, 0) is 70.6 Å². The van der Waals surface area contributed by atoms with Crippen molar-refractivity contribution >= 4 is 5.97 Å². The molecule has 2 N–H and O–H groups in total. The van der Waals surface area contributed by atoms with Gasteiger partial charge in [0.2, 0.25) is 0 Å². The first-order chi connectivity index (χ1) is 8.66. The SMILES string of the molecule is CCN1CCC(CC2(C(=O)O)CCCCN2)CC1. The van der Waals surface area contributed by atoms with E-state index in [1.165, 1.54) is 0 Å². The second-order valence-corrected chi connectivity index (χ2v) is 5.85. The average molecular weight is 254 g/mol. The summed E-state index contributed by atoms with van der Waals surface area (Å²) < 4.78 is 0. The number of hydrogen-bond donors (Lipinski definition) is 2. The van der Waals surface area contributed by atoms with Gasteiger partial charge in [-0.25, -0.2) is 0 Å². The second-order valence-electron chi connectivity index (χ2n) is 5.85. The highest BCUT2D eigenvalue weighted by atomic mass is 16.4. The zero-order valence-electron chi connectivity index (χ0n) is 11.5. The predicted molar refractivity (Wildman–Crippen MR) is 71.7 cm³/mol. The molecule has 0 amide bonds.